The molecule has 80 valence electrons. The van der Waals surface area contributed by atoms with Crippen molar-refractivity contribution < 1.29 is 10.2 Å². The van der Waals surface area contributed by atoms with Gasteiger partial charge in [-0.15, -0.1) is 0 Å². The molecule has 0 radical (unpaired) electrons. The van der Waals surface area contributed by atoms with Crippen molar-refractivity contribution in [2.75, 3.05) is 24.7 Å². The van der Waals surface area contributed by atoms with Crippen LogP contribution >= 0.6 is 11.8 Å². The average molecular weight is 207 g/mol. The van der Waals surface area contributed by atoms with E-state index in [4.69, 9.17) is 10.2 Å². The number of hydrogen-bond donors (Lipinski definition) is 3. The summed E-state index contributed by atoms with van der Waals surface area (Å²) in [5, 5.41) is 20.9. The van der Waals surface area contributed by atoms with Crippen LogP contribution in [-0.4, -0.2) is 47.0 Å². The van der Waals surface area contributed by atoms with Crippen molar-refractivity contribution in [3.8, 4) is 0 Å². The number of thioether (sulfide) groups is 1. The van der Waals surface area contributed by atoms with Crippen molar-refractivity contribution in [2.24, 2.45) is 0 Å². The van der Waals surface area contributed by atoms with Gasteiger partial charge in [-0.05, 0) is 25.6 Å². The number of rotatable bonds is 8. The van der Waals surface area contributed by atoms with Crippen LogP contribution in [0.25, 0.3) is 0 Å². The molecule has 2 unspecified atom stereocenters. The van der Waals surface area contributed by atoms with Crippen LogP contribution in [0.15, 0.2) is 0 Å². The lowest BCUT2D eigenvalue weighted by Gasteiger charge is -2.12. The Labute approximate surface area is 84.9 Å². The quantitative estimate of drug-likeness (QED) is 0.506. The van der Waals surface area contributed by atoms with Gasteiger partial charge in [-0.1, -0.05) is 6.92 Å². The highest BCUT2D eigenvalue weighted by atomic mass is 32.2. The van der Waals surface area contributed by atoms with Gasteiger partial charge in [0.1, 0.15) is 0 Å². The van der Waals surface area contributed by atoms with E-state index in [-0.39, 0.29) is 6.61 Å². The fourth-order valence-corrected chi connectivity index (χ4v) is 2.05. The first-order valence-corrected chi connectivity index (χ1v) is 5.96. The molecule has 0 aliphatic heterocycles. The van der Waals surface area contributed by atoms with Crippen molar-refractivity contribution in [1.29, 1.82) is 0 Å². The minimum atomic E-state index is -0.556. The van der Waals surface area contributed by atoms with E-state index in [1.54, 1.807) is 11.8 Å². The van der Waals surface area contributed by atoms with Gasteiger partial charge in [0.15, 0.2) is 0 Å². The Hall–Kier alpha value is 0.230. The lowest BCUT2D eigenvalue weighted by atomic mass is 10.3. The van der Waals surface area contributed by atoms with Crippen LogP contribution in [-0.2, 0) is 0 Å². The van der Waals surface area contributed by atoms with Gasteiger partial charge in [0.2, 0.25) is 0 Å². The Morgan fingerprint density at radius 2 is 2.15 bits per heavy atom. The van der Waals surface area contributed by atoms with Gasteiger partial charge in [0.25, 0.3) is 0 Å². The molecule has 0 spiro atoms. The van der Waals surface area contributed by atoms with E-state index in [1.807, 2.05) is 0 Å². The molecule has 0 aromatic carbocycles. The predicted octanol–water partition coefficient (Wildman–Crippen LogP) is 0.461. The van der Waals surface area contributed by atoms with Gasteiger partial charge in [-0.2, -0.15) is 11.8 Å². The van der Waals surface area contributed by atoms with E-state index in [0.29, 0.717) is 11.8 Å². The van der Waals surface area contributed by atoms with Crippen LogP contribution in [0.3, 0.4) is 0 Å². The van der Waals surface area contributed by atoms with Crippen molar-refractivity contribution in [2.45, 2.75) is 32.4 Å². The number of aliphatic hydroxyl groups is 2. The summed E-state index contributed by atoms with van der Waals surface area (Å²) in [4.78, 5) is 0. The summed E-state index contributed by atoms with van der Waals surface area (Å²) in [6.45, 7) is 5.13. The summed E-state index contributed by atoms with van der Waals surface area (Å²) in [5.74, 6) is 1.67. The maximum atomic E-state index is 9.04. The van der Waals surface area contributed by atoms with E-state index in [2.05, 4.69) is 19.2 Å². The second kappa shape index (κ2) is 8.81. The highest BCUT2D eigenvalue weighted by Crippen LogP contribution is 2.06. The van der Waals surface area contributed by atoms with Crippen molar-refractivity contribution in [3.63, 3.8) is 0 Å². The molecule has 0 aromatic rings. The molecule has 0 rings (SSSR count). The molecule has 0 aliphatic carbocycles. The third-order valence-corrected chi connectivity index (χ3v) is 2.91. The zero-order valence-electron chi connectivity index (χ0n) is 8.49. The fraction of sp³-hybridized carbons (Fsp3) is 1.00. The molecule has 0 amide bonds. The molecule has 4 heteroatoms. The molecule has 0 bridgehead atoms. The molecule has 13 heavy (non-hydrogen) atoms. The van der Waals surface area contributed by atoms with Gasteiger partial charge < -0.3 is 15.5 Å². The molecular weight excluding hydrogens is 186 g/mol. The fourth-order valence-electron chi connectivity index (χ4n) is 0.983. The maximum absolute atomic E-state index is 9.04. The molecule has 0 saturated carbocycles. The van der Waals surface area contributed by atoms with E-state index in [0.717, 1.165) is 18.7 Å². The molecule has 0 aliphatic rings. The van der Waals surface area contributed by atoms with Crippen molar-refractivity contribution >= 4 is 11.8 Å². The molecule has 3 N–H and O–H groups in total. The Bertz CT molecular complexity index is 114. The Balaban J connectivity index is 3.15. The number of hydrogen-bond acceptors (Lipinski definition) is 4. The highest BCUT2D eigenvalue weighted by Gasteiger charge is 2.03. The summed E-state index contributed by atoms with van der Waals surface area (Å²) in [6.07, 6.45) is 0.552. The second-order valence-corrected chi connectivity index (χ2v) is 4.31. The highest BCUT2D eigenvalue weighted by molar-refractivity contribution is 7.99. The normalized spacial score (nSPS) is 15.7. The average Bonchev–Trinajstić information content (AvgIpc) is 2.12. The number of nitrogens with one attached hydrogen (secondary N) is 1. The zero-order chi connectivity index (χ0) is 10.1. The molecule has 0 heterocycles. The van der Waals surface area contributed by atoms with E-state index < -0.39 is 6.10 Å². The van der Waals surface area contributed by atoms with E-state index in [1.165, 1.54) is 0 Å². The van der Waals surface area contributed by atoms with Gasteiger partial charge in [0.05, 0.1) is 12.7 Å². The minimum absolute atomic E-state index is 0.129. The van der Waals surface area contributed by atoms with Gasteiger partial charge in [0, 0.05) is 11.8 Å². The summed E-state index contributed by atoms with van der Waals surface area (Å²) < 4.78 is 0. The summed E-state index contributed by atoms with van der Waals surface area (Å²) in [7, 11) is 0. The third-order valence-electron chi connectivity index (χ3n) is 1.77. The Morgan fingerprint density at radius 1 is 1.46 bits per heavy atom. The minimum Gasteiger partial charge on any atom is -0.394 e. The van der Waals surface area contributed by atoms with Crippen LogP contribution in [0.5, 0.6) is 0 Å². The molecule has 0 aromatic heterocycles. The molecule has 3 nitrogen and oxygen atoms in total. The monoisotopic (exact) mass is 207 g/mol. The Morgan fingerprint density at radius 3 is 2.69 bits per heavy atom. The maximum Gasteiger partial charge on any atom is 0.0861 e. The summed E-state index contributed by atoms with van der Waals surface area (Å²) in [5.41, 5.74) is 0. The van der Waals surface area contributed by atoms with Crippen molar-refractivity contribution in [1.82, 2.24) is 5.32 Å². The molecule has 2 atom stereocenters. The largest absolute Gasteiger partial charge is 0.394 e. The van der Waals surface area contributed by atoms with Crippen LogP contribution in [0, 0.1) is 0 Å². The topological polar surface area (TPSA) is 52.5 Å². The van der Waals surface area contributed by atoms with Crippen molar-refractivity contribution in [3.05, 3.63) is 0 Å². The van der Waals surface area contributed by atoms with E-state index >= 15 is 0 Å². The van der Waals surface area contributed by atoms with Gasteiger partial charge in [-0.25, -0.2) is 0 Å². The second-order valence-electron chi connectivity index (χ2n) is 3.16. The van der Waals surface area contributed by atoms with Gasteiger partial charge in [-0.3, -0.25) is 0 Å². The standard InChI is InChI=1S/C9H21NO2S/c1-3-10-8(2)4-5-13-7-9(12)6-11/h8-12H,3-7H2,1-2H3. The first-order valence-electron chi connectivity index (χ1n) is 4.80. The zero-order valence-corrected chi connectivity index (χ0v) is 9.31. The summed E-state index contributed by atoms with van der Waals surface area (Å²) in [6, 6.07) is 0.545. The lowest BCUT2D eigenvalue weighted by molar-refractivity contribution is 0.113. The first-order chi connectivity index (χ1) is 6.20. The van der Waals surface area contributed by atoms with Gasteiger partial charge >= 0.3 is 0 Å². The molecular formula is C9H21NO2S. The number of aliphatic hydroxyl groups excluding tert-OH is 2. The first kappa shape index (κ1) is 13.2. The molecule has 0 saturated heterocycles. The van der Waals surface area contributed by atoms with Crippen LogP contribution in [0.2, 0.25) is 0 Å². The van der Waals surface area contributed by atoms with E-state index in [9.17, 15) is 0 Å². The van der Waals surface area contributed by atoms with Crippen LogP contribution < -0.4 is 5.32 Å². The predicted molar refractivity (Wildman–Crippen MR) is 58.2 cm³/mol. The van der Waals surface area contributed by atoms with Crippen LogP contribution in [0.4, 0.5) is 0 Å². The Kier molecular flexibility index (Phi) is 8.97. The molecule has 0 fully saturated rings. The van der Waals surface area contributed by atoms with Crippen LogP contribution in [0.1, 0.15) is 20.3 Å². The SMILES string of the molecule is CCNC(C)CCSCC(O)CO. The third kappa shape index (κ3) is 8.56. The lowest BCUT2D eigenvalue weighted by Crippen LogP contribution is -2.26. The summed E-state index contributed by atoms with van der Waals surface area (Å²) >= 11 is 1.69. The smallest absolute Gasteiger partial charge is 0.0861 e.